The third kappa shape index (κ3) is 2.16. The number of aromatic nitrogens is 2. The van der Waals surface area contributed by atoms with Crippen LogP contribution in [0, 0.1) is 13.8 Å². The second-order valence-corrected chi connectivity index (χ2v) is 5.60. The normalized spacial score (nSPS) is 10.9. The number of hydrogen-bond acceptors (Lipinski definition) is 4. The van der Waals surface area contributed by atoms with Gasteiger partial charge in [0.1, 0.15) is 9.88 Å². The predicted octanol–water partition coefficient (Wildman–Crippen LogP) is 3.67. The van der Waals surface area contributed by atoms with Crippen molar-refractivity contribution in [1.82, 2.24) is 9.97 Å². The number of rotatable bonds is 2. The summed E-state index contributed by atoms with van der Waals surface area (Å²) in [7, 11) is 0. The van der Waals surface area contributed by atoms with Gasteiger partial charge in [0.05, 0.1) is 11.2 Å². The van der Waals surface area contributed by atoms with Gasteiger partial charge in [0.25, 0.3) is 0 Å². The number of carboxylic acid groups (broad SMARTS) is 1. The maximum Gasteiger partial charge on any atom is 0.347 e. The second kappa shape index (κ2) is 4.68. The van der Waals surface area contributed by atoms with Crippen LogP contribution >= 0.6 is 11.3 Å². The van der Waals surface area contributed by atoms with Crippen molar-refractivity contribution in [2.75, 3.05) is 0 Å². The molecule has 2 heterocycles. The summed E-state index contributed by atoms with van der Waals surface area (Å²) < 4.78 is 0. The van der Waals surface area contributed by atoms with Crippen LogP contribution in [0.15, 0.2) is 30.3 Å². The molecule has 3 rings (SSSR count). The molecule has 0 spiro atoms. The molecule has 1 N–H and O–H groups in total. The number of hydrogen-bond donors (Lipinski definition) is 1. The van der Waals surface area contributed by atoms with Gasteiger partial charge in [-0.2, -0.15) is 0 Å². The molecule has 0 aliphatic carbocycles. The summed E-state index contributed by atoms with van der Waals surface area (Å²) >= 11 is 1.20. The Labute approximate surface area is 119 Å². The van der Waals surface area contributed by atoms with Crippen molar-refractivity contribution in [1.29, 1.82) is 0 Å². The van der Waals surface area contributed by atoms with Crippen LogP contribution in [0.25, 0.3) is 21.5 Å². The minimum absolute atomic E-state index is 0.294. The van der Waals surface area contributed by atoms with Gasteiger partial charge >= 0.3 is 5.97 Å². The highest BCUT2D eigenvalue weighted by Crippen LogP contribution is 2.29. The van der Waals surface area contributed by atoms with Crippen molar-refractivity contribution in [3.63, 3.8) is 0 Å². The molecular weight excluding hydrogens is 272 g/mol. The van der Waals surface area contributed by atoms with Crippen molar-refractivity contribution >= 4 is 28.2 Å². The molecule has 0 unspecified atom stereocenters. The SMILES string of the molecule is Cc1ccc2cc(-c3nc(C)c(C(=O)O)s3)ccc2n1. The number of benzene rings is 1. The zero-order chi connectivity index (χ0) is 14.3. The smallest absolute Gasteiger partial charge is 0.347 e. The molecule has 0 radical (unpaired) electrons. The Hall–Kier alpha value is -2.27. The van der Waals surface area contributed by atoms with Crippen LogP contribution in [0.3, 0.4) is 0 Å². The number of nitrogens with zero attached hydrogens (tertiary/aromatic N) is 2. The largest absolute Gasteiger partial charge is 0.477 e. The molecular formula is C15H12N2O2S. The number of carboxylic acids is 1. The topological polar surface area (TPSA) is 63.1 Å². The van der Waals surface area contributed by atoms with E-state index in [-0.39, 0.29) is 0 Å². The highest BCUT2D eigenvalue weighted by atomic mass is 32.1. The third-order valence-corrected chi connectivity index (χ3v) is 4.26. The van der Waals surface area contributed by atoms with Gasteiger partial charge < -0.3 is 5.11 Å². The van der Waals surface area contributed by atoms with Crippen molar-refractivity contribution in [2.24, 2.45) is 0 Å². The Morgan fingerprint density at radius 3 is 2.65 bits per heavy atom. The zero-order valence-electron chi connectivity index (χ0n) is 11.0. The number of thiazole rings is 1. The van der Waals surface area contributed by atoms with Crippen LogP contribution in [0.1, 0.15) is 21.1 Å². The molecule has 0 atom stereocenters. The van der Waals surface area contributed by atoms with E-state index in [0.29, 0.717) is 10.6 Å². The predicted molar refractivity (Wildman–Crippen MR) is 79.3 cm³/mol. The fourth-order valence-corrected chi connectivity index (χ4v) is 2.98. The number of fused-ring (bicyclic) bond motifs is 1. The van der Waals surface area contributed by atoms with Gasteiger partial charge in [-0.3, -0.25) is 4.98 Å². The van der Waals surface area contributed by atoms with Gasteiger partial charge in [0.15, 0.2) is 0 Å². The average Bonchev–Trinajstić information content (AvgIpc) is 2.80. The van der Waals surface area contributed by atoms with Gasteiger partial charge in [-0.15, -0.1) is 11.3 Å². The molecule has 3 aromatic rings. The van der Waals surface area contributed by atoms with E-state index in [1.54, 1.807) is 6.92 Å². The minimum Gasteiger partial charge on any atom is -0.477 e. The molecule has 100 valence electrons. The number of aryl methyl sites for hydroxylation is 2. The molecule has 0 bridgehead atoms. The molecule has 0 saturated carbocycles. The maximum atomic E-state index is 11.1. The van der Waals surface area contributed by atoms with E-state index >= 15 is 0 Å². The Kier molecular flexibility index (Phi) is 2.99. The Morgan fingerprint density at radius 1 is 1.15 bits per heavy atom. The molecule has 1 aromatic carbocycles. The van der Waals surface area contributed by atoms with Gasteiger partial charge in [-0.05, 0) is 38.1 Å². The fourth-order valence-electron chi connectivity index (χ4n) is 2.08. The summed E-state index contributed by atoms with van der Waals surface area (Å²) in [5.74, 6) is -0.927. The van der Waals surface area contributed by atoms with Crippen molar-refractivity contribution in [2.45, 2.75) is 13.8 Å². The van der Waals surface area contributed by atoms with Crippen LogP contribution in [0.2, 0.25) is 0 Å². The Bertz CT molecular complexity index is 824. The molecule has 5 heteroatoms. The van der Waals surface area contributed by atoms with Crippen molar-refractivity contribution in [3.05, 3.63) is 46.6 Å². The summed E-state index contributed by atoms with van der Waals surface area (Å²) in [4.78, 5) is 20.2. The highest BCUT2D eigenvalue weighted by Gasteiger charge is 2.15. The van der Waals surface area contributed by atoms with E-state index in [9.17, 15) is 4.79 Å². The average molecular weight is 284 g/mol. The van der Waals surface area contributed by atoms with Gasteiger partial charge in [-0.25, -0.2) is 9.78 Å². The number of carbonyl (C=O) groups is 1. The molecule has 0 aliphatic heterocycles. The first-order valence-electron chi connectivity index (χ1n) is 6.13. The lowest BCUT2D eigenvalue weighted by atomic mass is 10.1. The molecule has 0 aliphatic rings. The van der Waals surface area contributed by atoms with Crippen molar-refractivity contribution < 1.29 is 9.90 Å². The molecule has 2 aromatic heterocycles. The standard InChI is InChI=1S/C15H12N2O2S/c1-8-3-4-10-7-11(5-6-12(10)16-8)14-17-9(2)13(20-14)15(18)19/h3-7H,1-2H3,(H,18,19). The summed E-state index contributed by atoms with van der Waals surface area (Å²) in [5.41, 5.74) is 3.38. The van der Waals surface area contributed by atoms with Crippen LogP contribution in [0.4, 0.5) is 0 Å². The quantitative estimate of drug-likeness (QED) is 0.779. The summed E-state index contributed by atoms with van der Waals surface area (Å²) in [6, 6.07) is 9.83. The van der Waals surface area contributed by atoms with Crippen LogP contribution < -0.4 is 0 Å². The summed E-state index contributed by atoms with van der Waals surface area (Å²) in [6.07, 6.45) is 0. The van der Waals surface area contributed by atoms with Crippen molar-refractivity contribution in [3.8, 4) is 10.6 Å². The first-order chi connectivity index (χ1) is 9.54. The summed E-state index contributed by atoms with van der Waals surface area (Å²) in [5, 5.41) is 10.8. The molecule has 4 nitrogen and oxygen atoms in total. The lowest BCUT2D eigenvalue weighted by Gasteiger charge is -2.01. The van der Waals surface area contributed by atoms with E-state index in [1.807, 2.05) is 37.3 Å². The molecule has 0 amide bonds. The van der Waals surface area contributed by atoms with Crippen LogP contribution in [-0.2, 0) is 0 Å². The zero-order valence-corrected chi connectivity index (χ0v) is 11.9. The van der Waals surface area contributed by atoms with Crippen LogP contribution in [-0.4, -0.2) is 21.0 Å². The Morgan fingerprint density at radius 2 is 1.95 bits per heavy atom. The Balaban J connectivity index is 2.12. The number of aromatic carboxylic acids is 1. The van der Waals surface area contributed by atoms with E-state index < -0.39 is 5.97 Å². The van der Waals surface area contributed by atoms with E-state index in [2.05, 4.69) is 9.97 Å². The second-order valence-electron chi connectivity index (χ2n) is 4.60. The van der Waals surface area contributed by atoms with E-state index in [4.69, 9.17) is 5.11 Å². The van der Waals surface area contributed by atoms with Gasteiger partial charge in [0, 0.05) is 16.6 Å². The van der Waals surface area contributed by atoms with Gasteiger partial charge in [-0.1, -0.05) is 6.07 Å². The lowest BCUT2D eigenvalue weighted by molar-refractivity contribution is 0.0701. The number of pyridine rings is 1. The monoisotopic (exact) mass is 284 g/mol. The van der Waals surface area contributed by atoms with Crippen LogP contribution in [0.5, 0.6) is 0 Å². The fraction of sp³-hybridized carbons (Fsp3) is 0.133. The van der Waals surface area contributed by atoms with Gasteiger partial charge in [0.2, 0.25) is 0 Å². The summed E-state index contributed by atoms with van der Waals surface area (Å²) in [6.45, 7) is 3.67. The third-order valence-electron chi connectivity index (χ3n) is 3.07. The maximum absolute atomic E-state index is 11.1. The highest BCUT2D eigenvalue weighted by molar-refractivity contribution is 7.17. The molecule has 0 fully saturated rings. The minimum atomic E-state index is -0.927. The van der Waals surface area contributed by atoms with E-state index in [1.165, 1.54) is 11.3 Å². The first kappa shape index (κ1) is 12.7. The first-order valence-corrected chi connectivity index (χ1v) is 6.95. The van der Waals surface area contributed by atoms with E-state index in [0.717, 1.165) is 27.2 Å². The molecule has 20 heavy (non-hydrogen) atoms. The molecule has 0 saturated heterocycles. The lowest BCUT2D eigenvalue weighted by Crippen LogP contribution is -1.94.